The van der Waals surface area contributed by atoms with Gasteiger partial charge in [0, 0.05) is 12.0 Å². The Kier molecular flexibility index (Phi) is 6.57. The molecular weight excluding hydrogens is 313 g/mol. The first-order valence-corrected chi connectivity index (χ1v) is 6.72. The summed E-state index contributed by atoms with van der Waals surface area (Å²) in [5.74, 6) is -1.54. The standard InChI is InChI=1S/C15H15F3N2O3/c1-23-14(22)12(7-2-3-8-19)20-13(21)10-5-4-6-11(9-10)15(16,17)18/h4-6,9,12H,2-3,7H2,1H3,(H,20,21)/t12-/m1/s1. The lowest BCUT2D eigenvalue weighted by Gasteiger charge is -2.16. The molecule has 0 aliphatic carbocycles. The molecule has 0 unspecified atom stereocenters. The molecule has 124 valence electrons. The molecule has 0 fully saturated rings. The number of halogens is 3. The topological polar surface area (TPSA) is 79.2 Å². The van der Waals surface area contributed by atoms with E-state index < -0.39 is 29.7 Å². The maximum Gasteiger partial charge on any atom is 0.416 e. The fourth-order valence-electron chi connectivity index (χ4n) is 1.85. The molecule has 1 rings (SSSR count). The lowest BCUT2D eigenvalue weighted by molar-refractivity contribution is -0.143. The van der Waals surface area contributed by atoms with Crippen LogP contribution in [0, 0.1) is 11.3 Å². The summed E-state index contributed by atoms with van der Waals surface area (Å²) in [6.45, 7) is 0. The molecule has 0 aliphatic heterocycles. The molecule has 5 nitrogen and oxygen atoms in total. The minimum absolute atomic E-state index is 0.158. The summed E-state index contributed by atoms with van der Waals surface area (Å²) < 4.78 is 42.5. The molecular formula is C15H15F3N2O3. The average molecular weight is 328 g/mol. The second-order valence-electron chi connectivity index (χ2n) is 4.68. The van der Waals surface area contributed by atoms with Crippen LogP contribution in [0.1, 0.15) is 35.2 Å². The molecule has 0 saturated carbocycles. The summed E-state index contributed by atoms with van der Waals surface area (Å²) in [5.41, 5.74) is -1.17. The number of hydrogen-bond donors (Lipinski definition) is 1. The number of nitrogens with one attached hydrogen (secondary N) is 1. The number of alkyl halides is 3. The van der Waals surface area contributed by atoms with Gasteiger partial charge in [0.25, 0.3) is 5.91 Å². The first kappa shape index (κ1) is 18.5. The molecule has 0 spiro atoms. The summed E-state index contributed by atoms with van der Waals surface area (Å²) >= 11 is 0. The third-order valence-electron chi connectivity index (χ3n) is 3.02. The third kappa shape index (κ3) is 5.62. The molecule has 0 saturated heterocycles. The number of rotatable bonds is 6. The van der Waals surface area contributed by atoms with E-state index in [2.05, 4.69) is 10.1 Å². The molecule has 0 bridgehead atoms. The minimum Gasteiger partial charge on any atom is -0.467 e. The smallest absolute Gasteiger partial charge is 0.416 e. The fraction of sp³-hybridized carbons (Fsp3) is 0.400. The van der Waals surface area contributed by atoms with Gasteiger partial charge in [0.05, 0.1) is 18.7 Å². The third-order valence-corrected chi connectivity index (χ3v) is 3.02. The Morgan fingerprint density at radius 3 is 2.65 bits per heavy atom. The van der Waals surface area contributed by atoms with Gasteiger partial charge in [-0.3, -0.25) is 4.79 Å². The van der Waals surface area contributed by atoms with Crippen LogP contribution < -0.4 is 5.32 Å². The van der Waals surface area contributed by atoms with Crippen LogP contribution in [0.5, 0.6) is 0 Å². The maximum absolute atomic E-state index is 12.6. The number of benzene rings is 1. The number of methoxy groups -OCH3 is 1. The van der Waals surface area contributed by atoms with Crippen molar-refractivity contribution in [2.75, 3.05) is 7.11 Å². The van der Waals surface area contributed by atoms with E-state index in [1.54, 1.807) is 0 Å². The van der Waals surface area contributed by atoms with Crippen molar-refractivity contribution >= 4 is 11.9 Å². The summed E-state index contributed by atoms with van der Waals surface area (Å²) in [6, 6.07) is 4.77. The second kappa shape index (κ2) is 8.17. The lowest BCUT2D eigenvalue weighted by atomic mass is 10.1. The normalized spacial score (nSPS) is 12.1. The number of hydrogen-bond acceptors (Lipinski definition) is 4. The zero-order valence-electron chi connectivity index (χ0n) is 12.3. The van der Waals surface area contributed by atoms with Gasteiger partial charge < -0.3 is 10.1 Å². The van der Waals surface area contributed by atoms with Crippen LogP contribution >= 0.6 is 0 Å². The molecule has 1 aromatic carbocycles. The first-order chi connectivity index (χ1) is 10.8. The van der Waals surface area contributed by atoms with Crippen LogP contribution in [0.25, 0.3) is 0 Å². The van der Waals surface area contributed by atoms with Gasteiger partial charge in [-0.1, -0.05) is 6.07 Å². The van der Waals surface area contributed by atoms with Crippen molar-refractivity contribution in [2.24, 2.45) is 0 Å². The highest BCUT2D eigenvalue weighted by molar-refractivity contribution is 5.96. The number of carbonyl (C=O) groups excluding carboxylic acids is 2. The maximum atomic E-state index is 12.6. The Balaban J connectivity index is 2.86. The number of amides is 1. The van der Waals surface area contributed by atoms with Gasteiger partial charge in [0.2, 0.25) is 0 Å². The van der Waals surface area contributed by atoms with Gasteiger partial charge in [-0.05, 0) is 31.0 Å². The Morgan fingerprint density at radius 2 is 2.09 bits per heavy atom. The molecule has 1 N–H and O–H groups in total. The van der Waals surface area contributed by atoms with Gasteiger partial charge in [0.1, 0.15) is 6.04 Å². The highest BCUT2D eigenvalue weighted by Gasteiger charge is 2.31. The quantitative estimate of drug-likeness (QED) is 0.643. The molecule has 8 heteroatoms. The Hall–Kier alpha value is -2.56. The summed E-state index contributed by atoms with van der Waals surface area (Å²) in [4.78, 5) is 23.6. The molecule has 1 amide bonds. The van der Waals surface area contributed by atoms with Crippen molar-refractivity contribution in [1.82, 2.24) is 5.32 Å². The van der Waals surface area contributed by atoms with Crippen LogP contribution in [0.4, 0.5) is 13.2 Å². The molecule has 0 aliphatic rings. The number of unbranched alkanes of at least 4 members (excludes halogenated alkanes) is 1. The number of carbonyl (C=O) groups is 2. The summed E-state index contributed by atoms with van der Waals surface area (Å²) in [6.07, 6.45) is -3.87. The molecule has 0 aromatic heterocycles. The Labute approximate surface area is 131 Å². The molecule has 0 radical (unpaired) electrons. The molecule has 1 aromatic rings. The number of esters is 1. The molecule has 23 heavy (non-hydrogen) atoms. The minimum atomic E-state index is -4.56. The highest BCUT2D eigenvalue weighted by Crippen LogP contribution is 2.29. The number of nitrogens with zero attached hydrogens (tertiary/aromatic N) is 1. The predicted molar refractivity (Wildman–Crippen MR) is 74.2 cm³/mol. The van der Waals surface area contributed by atoms with E-state index in [0.29, 0.717) is 12.5 Å². The number of ether oxygens (including phenoxy) is 1. The van der Waals surface area contributed by atoms with E-state index in [0.717, 1.165) is 19.2 Å². The second-order valence-corrected chi connectivity index (χ2v) is 4.68. The van der Waals surface area contributed by atoms with Gasteiger partial charge >= 0.3 is 12.1 Å². The van der Waals surface area contributed by atoms with Gasteiger partial charge in [0.15, 0.2) is 0 Å². The van der Waals surface area contributed by atoms with E-state index in [4.69, 9.17) is 5.26 Å². The lowest BCUT2D eigenvalue weighted by Crippen LogP contribution is -2.41. The van der Waals surface area contributed by atoms with E-state index in [9.17, 15) is 22.8 Å². The van der Waals surface area contributed by atoms with Gasteiger partial charge in [-0.25, -0.2) is 4.79 Å². The van der Waals surface area contributed by atoms with Gasteiger partial charge in [-0.15, -0.1) is 0 Å². The van der Waals surface area contributed by atoms with E-state index in [1.807, 2.05) is 6.07 Å². The van der Waals surface area contributed by atoms with Crippen LogP contribution in [0.2, 0.25) is 0 Å². The molecule has 1 atom stereocenters. The van der Waals surface area contributed by atoms with Crippen LogP contribution in [-0.4, -0.2) is 25.0 Å². The summed E-state index contributed by atoms with van der Waals surface area (Å²) in [7, 11) is 1.13. The van der Waals surface area contributed by atoms with E-state index in [-0.39, 0.29) is 18.4 Å². The van der Waals surface area contributed by atoms with Crippen LogP contribution in [0.15, 0.2) is 24.3 Å². The Bertz CT molecular complexity index is 609. The predicted octanol–water partition coefficient (Wildman–Crippen LogP) is 2.67. The first-order valence-electron chi connectivity index (χ1n) is 6.72. The van der Waals surface area contributed by atoms with Crippen LogP contribution in [-0.2, 0) is 15.7 Å². The largest absolute Gasteiger partial charge is 0.467 e. The average Bonchev–Trinajstić information content (AvgIpc) is 2.52. The van der Waals surface area contributed by atoms with Crippen molar-refractivity contribution in [1.29, 1.82) is 5.26 Å². The van der Waals surface area contributed by atoms with Gasteiger partial charge in [-0.2, -0.15) is 18.4 Å². The van der Waals surface area contributed by atoms with E-state index in [1.165, 1.54) is 6.07 Å². The van der Waals surface area contributed by atoms with Crippen molar-refractivity contribution in [3.8, 4) is 6.07 Å². The van der Waals surface area contributed by atoms with Crippen LogP contribution in [0.3, 0.4) is 0 Å². The molecule has 0 heterocycles. The summed E-state index contributed by atoms with van der Waals surface area (Å²) in [5, 5.41) is 10.8. The van der Waals surface area contributed by atoms with Crippen molar-refractivity contribution in [3.63, 3.8) is 0 Å². The van der Waals surface area contributed by atoms with E-state index >= 15 is 0 Å². The fourth-order valence-corrected chi connectivity index (χ4v) is 1.85. The van der Waals surface area contributed by atoms with Crippen molar-refractivity contribution in [3.05, 3.63) is 35.4 Å². The SMILES string of the molecule is COC(=O)[C@@H](CCCC#N)NC(=O)c1cccc(C(F)(F)F)c1. The van der Waals surface area contributed by atoms with Crippen molar-refractivity contribution in [2.45, 2.75) is 31.5 Å². The zero-order valence-corrected chi connectivity index (χ0v) is 12.3. The van der Waals surface area contributed by atoms with Crippen molar-refractivity contribution < 1.29 is 27.5 Å². The zero-order chi connectivity index (χ0) is 17.5. The Morgan fingerprint density at radius 1 is 1.39 bits per heavy atom. The highest BCUT2D eigenvalue weighted by atomic mass is 19.4. The monoisotopic (exact) mass is 328 g/mol. The number of nitriles is 1.